The predicted molar refractivity (Wildman–Crippen MR) is 89.2 cm³/mol. The van der Waals surface area contributed by atoms with Crippen LogP contribution in [0.15, 0.2) is 42.5 Å². The van der Waals surface area contributed by atoms with Crippen molar-refractivity contribution in [1.29, 1.82) is 0 Å². The van der Waals surface area contributed by atoms with Crippen LogP contribution in [0.5, 0.6) is 5.75 Å². The third kappa shape index (κ3) is 4.25. The Morgan fingerprint density at radius 3 is 2.68 bits per heavy atom. The maximum absolute atomic E-state index is 11.9. The summed E-state index contributed by atoms with van der Waals surface area (Å²) in [7, 11) is 1.63. The largest absolute Gasteiger partial charge is 0.497 e. The third-order valence-electron chi connectivity index (χ3n) is 3.67. The first-order valence-electron chi connectivity index (χ1n) is 7.30. The van der Waals surface area contributed by atoms with Gasteiger partial charge in [-0.1, -0.05) is 24.3 Å². The molecule has 0 heterocycles. The molecule has 0 aliphatic heterocycles. The molecule has 0 saturated heterocycles. The van der Waals surface area contributed by atoms with Gasteiger partial charge >= 0.3 is 0 Å². The number of carbonyl (C=O) groups is 1. The lowest BCUT2D eigenvalue weighted by Gasteiger charge is -2.12. The Labute approximate surface area is 131 Å². The van der Waals surface area contributed by atoms with Crippen LogP contribution in [0.3, 0.4) is 0 Å². The Balaban J connectivity index is 1.84. The van der Waals surface area contributed by atoms with Crippen LogP contribution < -0.4 is 15.4 Å². The van der Waals surface area contributed by atoms with E-state index in [0.29, 0.717) is 6.54 Å². The van der Waals surface area contributed by atoms with Crippen LogP contribution in [0, 0.1) is 13.8 Å². The minimum Gasteiger partial charge on any atom is -0.497 e. The van der Waals surface area contributed by atoms with Crippen LogP contribution in [0.4, 0.5) is 5.69 Å². The van der Waals surface area contributed by atoms with Gasteiger partial charge in [-0.05, 0) is 48.7 Å². The molecule has 0 bridgehead atoms. The summed E-state index contributed by atoms with van der Waals surface area (Å²) >= 11 is 0. The third-order valence-corrected chi connectivity index (χ3v) is 3.67. The molecule has 0 aliphatic rings. The Bertz CT molecular complexity index is 653. The van der Waals surface area contributed by atoms with E-state index in [1.807, 2.05) is 43.3 Å². The predicted octanol–water partition coefficient (Wildman–Crippen LogP) is 3.04. The Morgan fingerprint density at radius 1 is 1.14 bits per heavy atom. The van der Waals surface area contributed by atoms with Crippen molar-refractivity contribution < 1.29 is 9.53 Å². The summed E-state index contributed by atoms with van der Waals surface area (Å²) in [5.74, 6) is 0.754. The van der Waals surface area contributed by atoms with Gasteiger partial charge < -0.3 is 15.4 Å². The molecule has 0 aromatic heterocycles. The molecule has 116 valence electrons. The van der Waals surface area contributed by atoms with Crippen molar-refractivity contribution >= 4 is 11.6 Å². The minimum absolute atomic E-state index is 0.0382. The first kappa shape index (κ1) is 15.9. The zero-order valence-corrected chi connectivity index (χ0v) is 13.3. The van der Waals surface area contributed by atoms with Crippen molar-refractivity contribution in [2.45, 2.75) is 20.4 Å². The first-order valence-corrected chi connectivity index (χ1v) is 7.30. The Morgan fingerprint density at radius 2 is 1.91 bits per heavy atom. The number of anilines is 1. The van der Waals surface area contributed by atoms with Crippen LogP contribution >= 0.6 is 0 Å². The maximum atomic E-state index is 11.9. The molecule has 4 nitrogen and oxygen atoms in total. The van der Waals surface area contributed by atoms with Crippen molar-refractivity contribution in [1.82, 2.24) is 5.32 Å². The van der Waals surface area contributed by atoms with Crippen molar-refractivity contribution in [2.24, 2.45) is 0 Å². The molecule has 0 saturated carbocycles. The number of carbonyl (C=O) groups excluding carboxylic acids is 1. The van der Waals surface area contributed by atoms with Gasteiger partial charge in [0.15, 0.2) is 0 Å². The molecule has 0 radical (unpaired) electrons. The van der Waals surface area contributed by atoms with E-state index in [0.717, 1.165) is 17.0 Å². The monoisotopic (exact) mass is 298 g/mol. The van der Waals surface area contributed by atoms with Gasteiger partial charge in [-0.25, -0.2) is 0 Å². The van der Waals surface area contributed by atoms with Crippen LogP contribution in [-0.2, 0) is 11.3 Å². The summed E-state index contributed by atoms with van der Waals surface area (Å²) in [5, 5.41) is 6.07. The quantitative estimate of drug-likeness (QED) is 0.862. The molecule has 2 aromatic carbocycles. The molecule has 0 atom stereocenters. The van der Waals surface area contributed by atoms with Crippen molar-refractivity contribution in [2.75, 3.05) is 19.0 Å². The van der Waals surface area contributed by atoms with E-state index in [9.17, 15) is 4.79 Å². The molecule has 2 rings (SSSR count). The van der Waals surface area contributed by atoms with Gasteiger partial charge in [-0.15, -0.1) is 0 Å². The number of benzene rings is 2. The van der Waals surface area contributed by atoms with E-state index in [1.165, 1.54) is 11.1 Å². The number of nitrogens with one attached hydrogen (secondary N) is 2. The van der Waals surface area contributed by atoms with Gasteiger partial charge in [-0.3, -0.25) is 4.79 Å². The molecule has 4 heteroatoms. The van der Waals surface area contributed by atoms with Crippen LogP contribution in [0.25, 0.3) is 0 Å². The SMILES string of the molecule is COc1cccc(CNC(=O)CNc2cccc(C)c2C)c1. The van der Waals surface area contributed by atoms with Gasteiger partial charge in [0.05, 0.1) is 13.7 Å². The first-order chi connectivity index (χ1) is 10.6. The molecule has 0 fully saturated rings. The van der Waals surface area contributed by atoms with Gasteiger partial charge in [0, 0.05) is 12.2 Å². The van der Waals surface area contributed by atoms with E-state index in [2.05, 4.69) is 23.6 Å². The van der Waals surface area contributed by atoms with E-state index in [-0.39, 0.29) is 12.5 Å². The highest BCUT2D eigenvalue weighted by Gasteiger charge is 2.04. The summed E-state index contributed by atoms with van der Waals surface area (Å²) in [5.41, 5.74) is 4.39. The number of rotatable bonds is 6. The smallest absolute Gasteiger partial charge is 0.239 e. The standard InChI is InChI=1S/C18H22N2O2/c1-13-6-4-9-17(14(13)2)19-12-18(21)20-11-15-7-5-8-16(10-15)22-3/h4-10,19H,11-12H2,1-3H3,(H,20,21). The molecule has 0 spiro atoms. The highest BCUT2D eigenvalue weighted by Crippen LogP contribution is 2.17. The number of hydrogen-bond acceptors (Lipinski definition) is 3. The van der Waals surface area contributed by atoms with Gasteiger partial charge in [0.2, 0.25) is 5.91 Å². The number of hydrogen-bond donors (Lipinski definition) is 2. The molecule has 2 N–H and O–H groups in total. The van der Waals surface area contributed by atoms with Gasteiger partial charge in [0.25, 0.3) is 0 Å². The van der Waals surface area contributed by atoms with E-state index in [1.54, 1.807) is 7.11 Å². The van der Waals surface area contributed by atoms with Crippen molar-refractivity contribution in [3.63, 3.8) is 0 Å². The average Bonchev–Trinajstić information content (AvgIpc) is 2.54. The van der Waals surface area contributed by atoms with Gasteiger partial charge in [-0.2, -0.15) is 0 Å². The van der Waals surface area contributed by atoms with Crippen LogP contribution in [-0.4, -0.2) is 19.6 Å². The molecular formula is C18H22N2O2. The lowest BCUT2D eigenvalue weighted by Crippen LogP contribution is -2.29. The lowest BCUT2D eigenvalue weighted by molar-refractivity contribution is -0.119. The highest BCUT2D eigenvalue weighted by molar-refractivity contribution is 5.81. The fourth-order valence-electron chi connectivity index (χ4n) is 2.16. The van der Waals surface area contributed by atoms with Crippen LogP contribution in [0.1, 0.15) is 16.7 Å². The maximum Gasteiger partial charge on any atom is 0.239 e. The normalized spacial score (nSPS) is 10.1. The average molecular weight is 298 g/mol. The molecule has 0 aliphatic carbocycles. The minimum atomic E-state index is -0.0382. The molecule has 2 aromatic rings. The number of methoxy groups -OCH3 is 1. The van der Waals surface area contributed by atoms with E-state index < -0.39 is 0 Å². The fourth-order valence-corrected chi connectivity index (χ4v) is 2.16. The summed E-state index contributed by atoms with van der Waals surface area (Å²) in [6.07, 6.45) is 0. The van der Waals surface area contributed by atoms with E-state index >= 15 is 0 Å². The molecule has 0 unspecified atom stereocenters. The summed E-state index contributed by atoms with van der Waals surface area (Å²) in [6, 6.07) is 13.7. The Hall–Kier alpha value is -2.49. The van der Waals surface area contributed by atoms with E-state index in [4.69, 9.17) is 4.74 Å². The van der Waals surface area contributed by atoms with Crippen LogP contribution in [0.2, 0.25) is 0 Å². The fraction of sp³-hybridized carbons (Fsp3) is 0.278. The second-order valence-electron chi connectivity index (χ2n) is 5.23. The van der Waals surface area contributed by atoms with Gasteiger partial charge in [0.1, 0.15) is 5.75 Å². The molecule has 1 amide bonds. The number of amides is 1. The zero-order valence-electron chi connectivity index (χ0n) is 13.3. The summed E-state index contributed by atoms with van der Waals surface area (Å²) in [6.45, 7) is 4.86. The number of aryl methyl sites for hydroxylation is 1. The highest BCUT2D eigenvalue weighted by atomic mass is 16.5. The molecular weight excluding hydrogens is 276 g/mol. The summed E-state index contributed by atoms with van der Waals surface area (Å²) in [4.78, 5) is 11.9. The van der Waals surface area contributed by atoms with Crippen molar-refractivity contribution in [3.05, 3.63) is 59.2 Å². The Kier molecular flexibility index (Phi) is 5.42. The topological polar surface area (TPSA) is 50.4 Å². The zero-order chi connectivity index (χ0) is 15.9. The summed E-state index contributed by atoms with van der Waals surface area (Å²) < 4.78 is 5.17. The molecule has 22 heavy (non-hydrogen) atoms. The van der Waals surface area contributed by atoms with Crippen molar-refractivity contribution in [3.8, 4) is 5.75 Å². The second kappa shape index (κ2) is 7.50. The second-order valence-corrected chi connectivity index (χ2v) is 5.23. The lowest BCUT2D eigenvalue weighted by atomic mass is 10.1. The number of ether oxygens (including phenoxy) is 1.